The molecular weight excluding hydrogens is 338 g/mol. The van der Waals surface area contributed by atoms with E-state index in [0.717, 1.165) is 27.7 Å². The second-order valence-corrected chi connectivity index (χ2v) is 6.99. The van der Waals surface area contributed by atoms with Gasteiger partial charge in [-0.25, -0.2) is 0 Å². The second-order valence-electron chi connectivity index (χ2n) is 6.99. The lowest BCUT2D eigenvalue weighted by Crippen LogP contribution is -2.48. The van der Waals surface area contributed by atoms with Crippen LogP contribution in [0.1, 0.15) is 16.8 Å². The number of amides is 2. The molecule has 2 amide bonds. The molecule has 0 fully saturated rings. The number of aromatic amines is 1. The predicted molar refractivity (Wildman–Crippen MR) is 108 cm³/mol. The van der Waals surface area contributed by atoms with Crippen molar-refractivity contribution in [2.45, 2.75) is 25.8 Å². The number of H-pyrrole nitrogens is 1. The third kappa shape index (κ3) is 4.37. The highest BCUT2D eigenvalue weighted by molar-refractivity contribution is 5.92. The minimum absolute atomic E-state index is 0.108. The molecule has 0 bridgehead atoms. The van der Waals surface area contributed by atoms with Gasteiger partial charge in [0.05, 0.1) is 6.42 Å². The molecule has 0 saturated heterocycles. The zero-order valence-corrected chi connectivity index (χ0v) is 16.0. The van der Waals surface area contributed by atoms with Crippen LogP contribution in [-0.2, 0) is 22.4 Å². The van der Waals surface area contributed by atoms with Crippen molar-refractivity contribution in [2.75, 3.05) is 14.1 Å². The molecule has 140 valence electrons. The molecule has 0 saturated carbocycles. The average Bonchev–Trinajstić information content (AvgIpc) is 2.97. The maximum absolute atomic E-state index is 12.7. The molecule has 0 spiro atoms. The number of nitrogens with one attached hydrogen (secondary N) is 2. The van der Waals surface area contributed by atoms with Crippen molar-refractivity contribution in [3.63, 3.8) is 0 Å². The fourth-order valence-electron chi connectivity index (χ4n) is 3.33. The van der Waals surface area contributed by atoms with Crippen LogP contribution in [0.25, 0.3) is 10.9 Å². The largest absolute Gasteiger partial charge is 0.358 e. The van der Waals surface area contributed by atoms with Crippen LogP contribution in [0.5, 0.6) is 0 Å². The van der Waals surface area contributed by atoms with Gasteiger partial charge >= 0.3 is 0 Å². The summed E-state index contributed by atoms with van der Waals surface area (Å²) in [5.74, 6) is -0.262. The Hall–Kier alpha value is -3.08. The molecule has 27 heavy (non-hydrogen) atoms. The molecule has 0 aliphatic carbocycles. The fourth-order valence-corrected chi connectivity index (χ4v) is 3.33. The van der Waals surface area contributed by atoms with Crippen LogP contribution in [0, 0.1) is 6.92 Å². The van der Waals surface area contributed by atoms with Crippen molar-refractivity contribution in [3.8, 4) is 0 Å². The van der Waals surface area contributed by atoms with Gasteiger partial charge in [-0.15, -0.1) is 0 Å². The van der Waals surface area contributed by atoms with Gasteiger partial charge in [-0.2, -0.15) is 0 Å². The van der Waals surface area contributed by atoms with Gasteiger partial charge in [0, 0.05) is 37.1 Å². The zero-order chi connectivity index (χ0) is 19.4. The van der Waals surface area contributed by atoms with Gasteiger partial charge in [-0.05, 0) is 24.1 Å². The fraction of sp³-hybridized carbons (Fsp3) is 0.273. The van der Waals surface area contributed by atoms with Crippen molar-refractivity contribution in [2.24, 2.45) is 0 Å². The molecule has 1 aromatic heterocycles. The Balaban J connectivity index is 1.77. The molecule has 5 heteroatoms. The first-order valence-electron chi connectivity index (χ1n) is 9.06. The maximum atomic E-state index is 12.7. The van der Waals surface area contributed by atoms with Crippen molar-refractivity contribution in [1.29, 1.82) is 0 Å². The summed E-state index contributed by atoms with van der Waals surface area (Å²) in [6, 6.07) is 17.1. The van der Waals surface area contributed by atoms with Gasteiger partial charge in [0.15, 0.2) is 0 Å². The van der Waals surface area contributed by atoms with Gasteiger partial charge in [-0.1, -0.05) is 48.5 Å². The number of nitrogens with zero attached hydrogens (tertiary/aromatic N) is 1. The molecule has 5 nitrogen and oxygen atoms in total. The van der Waals surface area contributed by atoms with Gasteiger partial charge in [0.2, 0.25) is 11.8 Å². The lowest BCUT2D eigenvalue weighted by atomic mass is 10.0. The van der Waals surface area contributed by atoms with Gasteiger partial charge in [0.25, 0.3) is 0 Å². The van der Waals surface area contributed by atoms with Gasteiger partial charge < -0.3 is 15.2 Å². The average molecular weight is 363 g/mol. The lowest BCUT2D eigenvalue weighted by Gasteiger charge is -2.22. The van der Waals surface area contributed by atoms with Gasteiger partial charge in [0.1, 0.15) is 6.04 Å². The summed E-state index contributed by atoms with van der Waals surface area (Å²) >= 11 is 0. The predicted octanol–water partition coefficient (Wildman–Crippen LogP) is 2.83. The summed E-state index contributed by atoms with van der Waals surface area (Å²) in [7, 11) is 3.41. The number of fused-ring (bicyclic) bond motifs is 1. The first-order valence-corrected chi connectivity index (χ1v) is 9.06. The lowest BCUT2D eigenvalue weighted by molar-refractivity contribution is -0.134. The van der Waals surface area contributed by atoms with E-state index < -0.39 is 6.04 Å². The minimum Gasteiger partial charge on any atom is -0.358 e. The third-order valence-electron chi connectivity index (χ3n) is 4.72. The van der Waals surface area contributed by atoms with Crippen LogP contribution in [0.3, 0.4) is 0 Å². The number of likely N-dealkylation sites (N-methyl/N-ethyl adjacent to an activating group) is 1. The SMILES string of the molecule is Cc1[nH]c2ccccc2c1CC(=O)N[C@H](Cc1ccccc1)C(=O)N(C)C. The van der Waals surface area contributed by atoms with Crippen LogP contribution >= 0.6 is 0 Å². The van der Waals surface area contributed by atoms with Crippen LogP contribution in [0.15, 0.2) is 54.6 Å². The molecule has 0 aliphatic rings. The number of aromatic nitrogens is 1. The molecule has 0 aliphatic heterocycles. The Bertz CT molecular complexity index is 945. The topological polar surface area (TPSA) is 65.2 Å². The molecule has 2 aromatic carbocycles. The standard InChI is InChI=1S/C22H25N3O2/c1-15-18(17-11-7-8-12-19(17)23-15)14-21(26)24-20(22(27)25(2)3)13-16-9-5-4-6-10-16/h4-12,20,23H,13-14H2,1-3H3,(H,24,26)/t20-/m1/s1. The monoisotopic (exact) mass is 363 g/mol. The molecule has 0 unspecified atom stereocenters. The summed E-state index contributed by atoms with van der Waals surface area (Å²) in [5, 5.41) is 3.98. The molecule has 0 radical (unpaired) electrons. The van der Waals surface area contributed by atoms with E-state index in [0.29, 0.717) is 6.42 Å². The summed E-state index contributed by atoms with van der Waals surface area (Å²) < 4.78 is 0. The molecule has 1 atom stereocenters. The quantitative estimate of drug-likeness (QED) is 0.707. The summed E-state index contributed by atoms with van der Waals surface area (Å²) in [5.41, 5.74) is 3.98. The van der Waals surface area contributed by atoms with Gasteiger partial charge in [-0.3, -0.25) is 9.59 Å². The highest BCUT2D eigenvalue weighted by Gasteiger charge is 2.23. The number of rotatable bonds is 6. The van der Waals surface area contributed by atoms with Crippen molar-refractivity contribution >= 4 is 22.7 Å². The first kappa shape index (κ1) is 18.7. The van der Waals surface area contributed by atoms with Crippen LogP contribution in [-0.4, -0.2) is 41.8 Å². The number of carbonyl (C=O) groups excluding carboxylic acids is 2. The number of para-hydroxylation sites is 1. The van der Waals surface area contributed by atoms with E-state index in [1.807, 2.05) is 61.5 Å². The van der Waals surface area contributed by atoms with Crippen LogP contribution in [0.4, 0.5) is 0 Å². The number of hydrogen-bond donors (Lipinski definition) is 2. The number of carbonyl (C=O) groups is 2. The summed E-state index contributed by atoms with van der Waals surface area (Å²) in [6.45, 7) is 1.97. The van der Waals surface area contributed by atoms with Crippen molar-refractivity contribution < 1.29 is 9.59 Å². The third-order valence-corrected chi connectivity index (χ3v) is 4.72. The van der Waals surface area contributed by atoms with E-state index in [1.165, 1.54) is 4.90 Å². The van der Waals surface area contributed by atoms with E-state index in [1.54, 1.807) is 14.1 Å². The second kappa shape index (κ2) is 8.08. The molecule has 1 heterocycles. The Morgan fingerprint density at radius 1 is 1.04 bits per heavy atom. The number of aryl methyl sites for hydroxylation is 1. The number of hydrogen-bond acceptors (Lipinski definition) is 2. The minimum atomic E-state index is -0.583. The van der Waals surface area contributed by atoms with E-state index in [4.69, 9.17) is 0 Å². The smallest absolute Gasteiger partial charge is 0.244 e. The maximum Gasteiger partial charge on any atom is 0.244 e. The highest BCUT2D eigenvalue weighted by Crippen LogP contribution is 2.22. The Kier molecular flexibility index (Phi) is 5.60. The Morgan fingerprint density at radius 3 is 2.41 bits per heavy atom. The van der Waals surface area contributed by atoms with E-state index in [2.05, 4.69) is 10.3 Å². The molecular formula is C22H25N3O2. The first-order chi connectivity index (χ1) is 13.0. The molecule has 3 aromatic rings. The zero-order valence-electron chi connectivity index (χ0n) is 16.0. The van der Waals surface area contributed by atoms with E-state index in [-0.39, 0.29) is 18.2 Å². The Morgan fingerprint density at radius 2 is 1.70 bits per heavy atom. The highest BCUT2D eigenvalue weighted by atomic mass is 16.2. The van der Waals surface area contributed by atoms with Crippen LogP contribution in [0.2, 0.25) is 0 Å². The van der Waals surface area contributed by atoms with Crippen molar-refractivity contribution in [3.05, 3.63) is 71.4 Å². The molecule has 3 rings (SSSR count). The van der Waals surface area contributed by atoms with Crippen molar-refractivity contribution in [1.82, 2.24) is 15.2 Å². The summed E-state index contributed by atoms with van der Waals surface area (Å²) in [6.07, 6.45) is 0.707. The molecule has 2 N–H and O–H groups in total. The summed E-state index contributed by atoms with van der Waals surface area (Å²) in [4.78, 5) is 30.1. The Labute approximate surface area is 159 Å². The van der Waals surface area contributed by atoms with E-state index in [9.17, 15) is 9.59 Å². The van der Waals surface area contributed by atoms with Crippen LogP contribution < -0.4 is 5.32 Å². The van der Waals surface area contributed by atoms with E-state index >= 15 is 0 Å². The number of benzene rings is 2. The normalized spacial score (nSPS) is 12.0.